The Labute approximate surface area is 136 Å². The number of fused-ring (bicyclic) bond motifs is 1. The molecule has 0 unspecified atom stereocenters. The van der Waals surface area contributed by atoms with E-state index in [1.54, 1.807) is 25.2 Å². The largest absolute Gasteiger partial charge is 0.478 e. The first-order valence-electron chi connectivity index (χ1n) is 7.81. The minimum Gasteiger partial charge on any atom is -0.478 e. The number of pyridine rings is 1. The van der Waals surface area contributed by atoms with Gasteiger partial charge in [0.25, 0.3) is 0 Å². The summed E-state index contributed by atoms with van der Waals surface area (Å²) in [5, 5.41) is 0. The second kappa shape index (κ2) is 6.73. The molecule has 0 saturated carbocycles. The van der Waals surface area contributed by atoms with E-state index in [1.165, 1.54) is 0 Å². The average molecular weight is 314 g/mol. The van der Waals surface area contributed by atoms with Crippen molar-refractivity contribution in [3.05, 3.63) is 48.4 Å². The number of hydrogen-bond donors (Lipinski definition) is 0. The van der Waals surface area contributed by atoms with Gasteiger partial charge in [-0.2, -0.15) is 0 Å². The van der Waals surface area contributed by atoms with Gasteiger partial charge in [-0.15, -0.1) is 0 Å². The summed E-state index contributed by atoms with van der Waals surface area (Å²) in [7, 11) is 3.57. The molecule has 2 aromatic heterocycles. The summed E-state index contributed by atoms with van der Waals surface area (Å²) in [5.41, 5.74) is 1.16. The standard InChI is InChI=1S/C17H22N4O2/c1-19(2)17(22)20-12-14-6-5-10-21(14)15(13-20)8-11-23-16-7-3-4-9-18-16/h3-7,9-10,15H,8,11-13H2,1-2H3/t15-/m0/s1. The Morgan fingerprint density at radius 2 is 2.22 bits per heavy atom. The molecule has 6 nitrogen and oxygen atoms in total. The minimum absolute atomic E-state index is 0.0492. The molecule has 0 fully saturated rings. The van der Waals surface area contributed by atoms with Crippen molar-refractivity contribution >= 4 is 6.03 Å². The SMILES string of the molecule is CN(C)C(=O)N1Cc2cccn2[C@@H](CCOc2ccccn2)C1. The van der Waals surface area contributed by atoms with Crippen molar-refractivity contribution in [3.8, 4) is 5.88 Å². The van der Waals surface area contributed by atoms with E-state index in [0.717, 1.165) is 12.1 Å². The molecule has 2 amide bonds. The molecular formula is C17H22N4O2. The van der Waals surface area contributed by atoms with E-state index in [0.29, 0.717) is 25.6 Å². The normalized spacial score (nSPS) is 16.8. The van der Waals surface area contributed by atoms with Crippen molar-refractivity contribution in [2.75, 3.05) is 27.2 Å². The highest BCUT2D eigenvalue weighted by atomic mass is 16.5. The van der Waals surface area contributed by atoms with Crippen LogP contribution in [0.3, 0.4) is 0 Å². The fourth-order valence-corrected chi connectivity index (χ4v) is 2.91. The molecule has 0 N–H and O–H groups in total. The lowest BCUT2D eigenvalue weighted by Crippen LogP contribution is -2.45. The van der Waals surface area contributed by atoms with Crippen molar-refractivity contribution < 1.29 is 9.53 Å². The monoisotopic (exact) mass is 314 g/mol. The van der Waals surface area contributed by atoms with E-state index in [9.17, 15) is 4.79 Å². The van der Waals surface area contributed by atoms with E-state index < -0.39 is 0 Å². The highest BCUT2D eigenvalue weighted by Gasteiger charge is 2.28. The summed E-state index contributed by atoms with van der Waals surface area (Å²) < 4.78 is 7.96. The summed E-state index contributed by atoms with van der Waals surface area (Å²) in [6, 6.07) is 10.0. The summed E-state index contributed by atoms with van der Waals surface area (Å²) >= 11 is 0. The van der Waals surface area contributed by atoms with Gasteiger partial charge in [0.05, 0.1) is 19.2 Å². The van der Waals surface area contributed by atoms with Crippen LogP contribution in [0.2, 0.25) is 0 Å². The number of nitrogens with zero attached hydrogens (tertiary/aromatic N) is 4. The van der Waals surface area contributed by atoms with Gasteiger partial charge in [0, 0.05) is 51.2 Å². The van der Waals surface area contributed by atoms with Crippen LogP contribution in [0.25, 0.3) is 0 Å². The molecule has 0 aromatic carbocycles. The van der Waals surface area contributed by atoms with Crippen molar-refractivity contribution in [1.29, 1.82) is 0 Å². The van der Waals surface area contributed by atoms with Crippen LogP contribution in [0, 0.1) is 0 Å². The van der Waals surface area contributed by atoms with Crippen LogP contribution in [-0.2, 0) is 6.54 Å². The Hall–Kier alpha value is -2.50. The van der Waals surface area contributed by atoms with Gasteiger partial charge < -0.3 is 19.1 Å². The van der Waals surface area contributed by atoms with E-state index in [1.807, 2.05) is 29.2 Å². The van der Waals surface area contributed by atoms with Gasteiger partial charge in [0.15, 0.2) is 0 Å². The number of urea groups is 1. The Bertz CT molecular complexity index is 654. The third-order valence-corrected chi connectivity index (χ3v) is 4.04. The highest BCUT2D eigenvalue weighted by Crippen LogP contribution is 2.25. The molecule has 0 aliphatic carbocycles. The summed E-state index contributed by atoms with van der Waals surface area (Å²) in [4.78, 5) is 19.9. The van der Waals surface area contributed by atoms with Gasteiger partial charge in [-0.05, 0) is 18.2 Å². The van der Waals surface area contributed by atoms with Crippen LogP contribution in [0.1, 0.15) is 18.2 Å². The fourth-order valence-electron chi connectivity index (χ4n) is 2.91. The van der Waals surface area contributed by atoms with Gasteiger partial charge in [-0.1, -0.05) is 6.07 Å². The second-order valence-corrected chi connectivity index (χ2v) is 5.92. The maximum atomic E-state index is 12.3. The molecule has 122 valence electrons. The summed E-state index contributed by atoms with van der Waals surface area (Å²) in [6.07, 6.45) is 4.63. The predicted molar refractivity (Wildman–Crippen MR) is 87.3 cm³/mol. The molecule has 6 heteroatoms. The smallest absolute Gasteiger partial charge is 0.319 e. The van der Waals surface area contributed by atoms with Crippen molar-refractivity contribution in [2.45, 2.75) is 19.0 Å². The van der Waals surface area contributed by atoms with Gasteiger partial charge in [-0.3, -0.25) is 0 Å². The Kier molecular flexibility index (Phi) is 4.50. The minimum atomic E-state index is 0.0492. The number of rotatable bonds is 4. The average Bonchev–Trinajstić information content (AvgIpc) is 3.03. The van der Waals surface area contributed by atoms with E-state index in [4.69, 9.17) is 4.74 Å². The predicted octanol–water partition coefficient (Wildman–Crippen LogP) is 2.39. The van der Waals surface area contributed by atoms with Crippen molar-refractivity contribution in [3.63, 3.8) is 0 Å². The first-order valence-corrected chi connectivity index (χ1v) is 7.81. The summed E-state index contributed by atoms with van der Waals surface area (Å²) in [6.45, 7) is 1.93. The number of hydrogen-bond acceptors (Lipinski definition) is 3. The second-order valence-electron chi connectivity index (χ2n) is 5.92. The zero-order valence-corrected chi connectivity index (χ0v) is 13.6. The molecule has 0 bridgehead atoms. The van der Waals surface area contributed by atoms with Crippen LogP contribution in [0.5, 0.6) is 5.88 Å². The van der Waals surface area contributed by atoms with Gasteiger partial charge >= 0.3 is 6.03 Å². The molecule has 23 heavy (non-hydrogen) atoms. The first kappa shape index (κ1) is 15.4. The van der Waals surface area contributed by atoms with E-state index >= 15 is 0 Å². The maximum Gasteiger partial charge on any atom is 0.319 e. The molecule has 2 aromatic rings. The molecule has 0 spiro atoms. The zero-order valence-electron chi connectivity index (χ0n) is 13.6. The van der Waals surface area contributed by atoms with Gasteiger partial charge in [0.1, 0.15) is 0 Å². The lowest BCUT2D eigenvalue weighted by molar-refractivity contribution is 0.138. The third-order valence-electron chi connectivity index (χ3n) is 4.04. The van der Waals surface area contributed by atoms with Gasteiger partial charge in [-0.25, -0.2) is 9.78 Å². The molecule has 1 atom stereocenters. The Morgan fingerprint density at radius 3 is 2.96 bits per heavy atom. The van der Waals surface area contributed by atoms with Crippen molar-refractivity contribution in [2.24, 2.45) is 0 Å². The van der Waals surface area contributed by atoms with Crippen molar-refractivity contribution in [1.82, 2.24) is 19.4 Å². The molecule has 3 heterocycles. The number of carbonyl (C=O) groups is 1. The fraction of sp³-hybridized carbons (Fsp3) is 0.412. The zero-order chi connectivity index (χ0) is 16.2. The van der Waals surface area contributed by atoms with Crippen LogP contribution in [0.15, 0.2) is 42.7 Å². The summed E-state index contributed by atoms with van der Waals surface area (Å²) in [5.74, 6) is 0.636. The van der Waals surface area contributed by atoms with Gasteiger partial charge in [0.2, 0.25) is 5.88 Å². The first-order chi connectivity index (χ1) is 11.1. The highest BCUT2D eigenvalue weighted by molar-refractivity contribution is 5.74. The Morgan fingerprint density at radius 1 is 1.35 bits per heavy atom. The molecule has 0 saturated heterocycles. The number of aromatic nitrogens is 2. The van der Waals surface area contributed by atoms with Crippen LogP contribution in [-0.4, -0.2) is 52.6 Å². The maximum absolute atomic E-state index is 12.3. The van der Waals surface area contributed by atoms with Crippen LogP contribution in [0.4, 0.5) is 4.79 Å². The topological polar surface area (TPSA) is 50.6 Å². The lowest BCUT2D eigenvalue weighted by atomic mass is 10.1. The third kappa shape index (κ3) is 3.47. The number of ether oxygens (including phenoxy) is 1. The van der Waals surface area contributed by atoms with Crippen LogP contribution < -0.4 is 4.74 Å². The van der Waals surface area contributed by atoms with E-state index in [2.05, 4.69) is 21.8 Å². The number of carbonyl (C=O) groups excluding carboxylic acids is 1. The quantitative estimate of drug-likeness (QED) is 0.870. The van der Waals surface area contributed by atoms with Crippen LogP contribution >= 0.6 is 0 Å². The molecule has 1 aliphatic rings. The lowest BCUT2D eigenvalue weighted by Gasteiger charge is -2.36. The van der Waals surface area contributed by atoms with E-state index in [-0.39, 0.29) is 12.1 Å². The molecule has 3 rings (SSSR count). The number of amides is 2. The molecular weight excluding hydrogens is 292 g/mol. The molecule has 1 aliphatic heterocycles. The molecule has 0 radical (unpaired) electrons. The Balaban J connectivity index is 1.65.